The maximum absolute atomic E-state index is 5.92. The molecule has 0 saturated carbocycles. The first-order valence-corrected chi connectivity index (χ1v) is 6.82. The molecule has 1 heterocycles. The van der Waals surface area contributed by atoms with Crippen molar-refractivity contribution in [3.05, 3.63) is 29.5 Å². The van der Waals surface area contributed by atoms with Crippen LogP contribution in [0, 0.1) is 0 Å². The Morgan fingerprint density at radius 3 is 2.84 bits per heavy atom. The summed E-state index contributed by atoms with van der Waals surface area (Å²) in [4.78, 5) is 8.43. The van der Waals surface area contributed by atoms with Crippen molar-refractivity contribution < 1.29 is 4.74 Å². The fraction of sp³-hybridized carbons (Fsp3) is 0.429. The van der Waals surface area contributed by atoms with E-state index in [1.54, 1.807) is 0 Å². The second-order valence-electron chi connectivity index (χ2n) is 4.56. The van der Waals surface area contributed by atoms with Crippen molar-refractivity contribution in [3.8, 4) is 0 Å². The summed E-state index contributed by atoms with van der Waals surface area (Å²) >= 11 is 5.92. The van der Waals surface area contributed by atoms with Crippen LogP contribution in [0.2, 0.25) is 5.28 Å². The minimum Gasteiger partial charge on any atom is -0.379 e. The molecular formula is C14H18ClN3O. The van der Waals surface area contributed by atoms with Gasteiger partial charge in [-0.05, 0) is 44.0 Å². The second-order valence-corrected chi connectivity index (χ2v) is 4.90. The molecule has 1 aromatic heterocycles. The van der Waals surface area contributed by atoms with Crippen LogP contribution in [-0.4, -0.2) is 29.2 Å². The van der Waals surface area contributed by atoms with Gasteiger partial charge in [-0.15, -0.1) is 0 Å². The van der Waals surface area contributed by atoms with Gasteiger partial charge in [0, 0.05) is 18.5 Å². The lowest BCUT2D eigenvalue weighted by Gasteiger charge is -2.10. The average molecular weight is 280 g/mol. The van der Waals surface area contributed by atoms with Gasteiger partial charge in [0.05, 0.1) is 11.6 Å². The van der Waals surface area contributed by atoms with Crippen LogP contribution < -0.4 is 5.32 Å². The summed E-state index contributed by atoms with van der Waals surface area (Å²) in [5.74, 6) is 0.778. The number of halogens is 1. The van der Waals surface area contributed by atoms with E-state index in [0.717, 1.165) is 36.3 Å². The van der Waals surface area contributed by atoms with E-state index in [1.165, 1.54) is 0 Å². The molecule has 19 heavy (non-hydrogen) atoms. The molecule has 0 aliphatic rings. The molecule has 4 nitrogen and oxygen atoms in total. The number of nitrogens with zero attached hydrogens (tertiary/aromatic N) is 2. The quantitative estimate of drug-likeness (QED) is 0.649. The maximum Gasteiger partial charge on any atom is 0.224 e. The smallest absolute Gasteiger partial charge is 0.224 e. The Balaban J connectivity index is 2.00. The van der Waals surface area contributed by atoms with E-state index in [9.17, 15) is 0 Å². The van der Waals surface area contributed by atoms with Gasteiger partial charge in [-0.3, -0.25) is 0 Å². The first kappa shape index (κ1) is 14.0. The number of benzene rings is 1. The van der Waals surface area contributed by atoms with Crippen molar-refractivity contribution in [3.63, 3.8) is 0 Å². The van der Waals surface area contributed by atoms with E-state index in [4.69, 9.17) is 16.3 Å². The zero-order valence-corrected chi connectivity index (χ0v) is 11.9. The fourth-order valence-corrected chi connectivity index (χ4v) is 1.96. The summed E-state index contributed by atoms with van der Waals surface area (Å²) < 4.78 is 5.49. The van der Waals surface area contributed by atoms with Gasteiger partial charge in [-0.1, -0.05) is 12.1 Å². The molecule has 0 bridgehead atoms. The number of hydrogen-bond acceptors (Lipinski definition) is 4. The first-order chi connectivity index (χ1) is 9.16. The Hall–Kier alpha value is -1.39. The maximum atomic E-state index is 5.92. The second kappa shape index (κ2) is 6.68. The highest BCUT2D eigenvalue weighted by atomic mass is 35.5. The van der Waals surface area contributed by atoms with Gasteiger partial charge in [0.2, 0.25) is 5.28 Å². The standard InChI is InChI=1S/C14H18ClN3O/c1-10(2)19-9-5-8-16-13-11-6-3-4-7-12(11)17-14(15)18-13/h3-4,6-7,10H,5,8-9H2,1-2H3,(H,16,17,18). The molecule has 0 radical (unpaired) electrons. The summed E-state index contributed by atoms with van der Waals surface area (Å²) in [5, 5.41) is 4.53. The normalized spacial score (nSPS) is 11.2. The predicted octanol–water partition coefficient (Wildman–Crippen LogP) is 3.51. The number of hydrogen-bond donors (Lipinski definition) is 1. The first-order valence-electron chi connectivity index (χ1n) is 6.44. The molecule has 2 aromatic rings. The Bertz CT molecular complexity index is 545. The van der Waals surface area contributed by atoms with Crippen LogP contribution in [0.15, 0.2) is 24.3 Å². The fourth-order valence-electron chi connectivity index (χ4n) is 1.78. The Morgan fingerprint density at radius 1 is 1.26 bits per heavy atom. The molecule has 1 aromatic carbocycles. The number of para-hydroxylation sites is 1. The Kier molecular flexibility index (Phi) is 4.93. The summed E-state index contributed by atoms with van der Waals surface area (Å²) in [6.07, 6.45) is 1.20. The zero-order chi connectivity index (χ0) is 13.7. The van der Waals surface area contributed by atoms with Crippen LogP contribution >= 0.6 is 11.6 Å². The molecule has 0 atom stereocenters. The van der Waals surface area contributed by atoms with Crippen LogP contribution in [0.25, 0.3) is 10.9 Å². The minimum atomic E-state index is 0.264. The molecule has 0 spiro atoms. The highest BCUT2D eigenvalue weighted by molar-refractivity contribution is 6.28. The minimum absolute atomic E-state index is 0.264. The van der Waals surface area contributed by atoms with Crippen LogP contribution in [0.5, 0.6) is 0 Å². The van der Waals surface area contributed by atoms with Gasteiger partial charge in [-0.2, -0.15) is 0 Å². The molecule has 0 unspecified atom stereocenters. The van der Waals surface area contributed by atoms with Gasteiger partial charge in [0.1, 0.15) is 5.82 Å². The number of fused-ring (bicyclic) bond motifs is 1. The zero-order valence-electron chi connectivity index (χ0n) is 11.2. The highest BCUT2D eigenvalue weighted by Gasteiger charge is 2.05. The lowest BCUT2D eigenvalue weighted by Crippen LogP contribution is -2.10. The van der Waals surface area contributed by atoms with Crippen molar-refractivity contribution in [1.29, 1.82) is 0 Å². The summed E-state index contributed by atoms with van der Waals surface area (Å²) in [7, 11) is 0. The Labute approximate surface area is 118 Å². The van der Waals surface area contributed by atoms with E-state index in [-0.39, 0.29) is 11.4 Å². The van der Waals surface area contributed by atoms with Gasteiger partial charge < -0.3 is 10.1 Å². The van der Waals surface area contributed by atoms with Gasteiger partial charge >= 0.3 is 0 Å². The molecule has 0 amide bonds. The van der Waals surface area contributed by atoms with E-state index < -0.39 is 0 Å². The van der Waals surface area contributed by atoms with Gasteiger partial charge in [-0.25, -0.2) is 9.97 Å². The third-order valence-electron chi connectivity index (χ3n) is 2.64. The topological polar surface area (TPSA) is 47.0 Å². The molecule has 2 rings (SSSR count). The lowest BCUT2D eigenvalue weighted by molar-refractivity contribution is 0.0787. The number of aromatic nitrogens is 2. The Morgan fingerprint density at radius 2 is 2.05 bits per heavy atom. The molecule has 0 aliphatic heterocycles. The molecule has 1 N–H and O–H groups in total. The number of ether oxygens (including phenoxy) is 1. The van der Waals surface area contributed by atoms with Crippen LogP contribution in [0.3, 0.4) is 0 Å². The highest BCUT2D eigenvalue weighted by Crippen LogP contribution is 2.21. The third kappa shape index (κ3) is 4.04. The average Bonchev–Trinajstić information content (AvgIpc) is 2.37. The van der Waals surface area contributed by atoms with E-state index in [2.05, 4.69) is 15.3 Å². The summed E-state index contributed by atoms with van der Waals surface area (Å²) in [5.41, 5.74) is 0.850. The van der Waals surface area contributed by atoms with Gasteiger partial charge in [0.15, 0.2) is 0 Å². The van der Waals surface area contributed by atoms with Crippen molar-refractivity contribution in [2.45, 2.75) is 26.4 Å². The molecule has 0 saturated heterocycles. The third-order valence-corrected chi connectivity index (χ3v) is 2.81. The lowest BCUT2D eigenvalue weighted by atomic mass is 10.2. The van der Waals surface area contributed by atoms with Crippen molar-refractivity contribution in [1.82, 2.24) is 9.97 Å². The van der Waals surface area contributed by atoms with E-state index in [1.807, 2.05) is 38.1 Å². The van der Waals surface area contributed by atoms with Gasteiger partial charge in [0.25, 0.3) is 0 Å². The summed E-state index contributed by atoms with van der Waals surface area (Å²) in [6.45, 7) is 5.60. The largest absolute Gasteiger partial charge is 0.379 e. The molecule has 0 fully saturated rings. The van der Waals surface area contributed by atoms with E-state index >= 15 is 0 Å². The van der Waals surface area contributed by atoms with Crippen molar-refractivity contribution in [2.75, 3.05) is 18.5 Å². The van der Waals surface area contributed by atoms with Crippen LogP contribution in [0.4, 0.5) is 5.82 Å². The SMILES string of the molecule is CC(C)OCCCNc1nc(Cl)nc2ccccc12. The number of rotatable bonds is 6. The monoisotopic (exact) mass is 279 g/mol. The van der Waals surface area contributed by atoms with Crippen LogP contribution in [0.1, 0.15) is 20.3 Å². The van der Waals surface area contributed by atoms with Crippen LogP contribution in [-0.2, 0) is 4.74 Å². The summed E-state index contributed by atoms with van der Waals surface area (Å²) in [6, 6.07) is 7.81. The molecule has 102 valence electrons. The molecule has 0 aliphatic carbocycles. The number of nitrogens with one attached hydrogen (secondary N) is 1. The molecule has 5 heteroatoms. The number of anilines is 1. The molecular weight excluding hydrogens is 262 g/mol. The predicted molar refractivity (Wildman–Crippen MR) is 78.7 cm³/mol. The van der Waals surface area contributed by atoms with Crippen molar-refractivity contribution >= 4 is 28.3 Å². The van der Waals surface area contributed by atoms with E-state index in [0.29, 0.717) is 0 Å². The van der Waals surface area contributed by atoms with Crippen molar-refractivity contribution in [2.24, 2.45) is 0 Å².